The molecule has 0 N–H and O–H groups in total. The summed E-state index contributed by atoms with van der Waals surface area (Å²) in [6.07, 6.45) is 0.247. The number of anilines is 1. The third-order valence-electron chi connectivity index (χ3n) is 6.03. The molecule has 0 aliphatic carbocycles. The first-order valence-electron chi connectivity index (χ1n) is 11.2. The summed E-state index contributed by atoms with van der Waals surface area (Å²) in [5.41, 5.74) is 1.52. The molecule has 1 saturated heterocycles. The second-order valence-electron chi connectivity index (χ2n) is 8.21. The van der Waals surface area contributed by atoms with Crippen molar-refractivity contribution >= 4 is 39.3 Å². The standard InChI is InChI=1S/C27H24BrFN2O5/c1-35-23-12-3-17(15-24(23)36-2)13-14-30(26(33)18-4-8-20(29)9-5-18)22-16-25(32)31(27(22)34)21-10-6-19(28)7-11-21/h3-12,15,22H,13-14,16H2,1-2H3. The van der Waals surface area contributed by atoms with E-state index in [1.165, 1.54) is 36.3 Å². The fourth-order valence-electron chi connectivity index (χ4n) is 4.16. The summed E-state index contributed by atoms with van der Waals surface area (Å²) >= 11 is 3.35. The number of amides is 3. The van der Waals surface area contributed by atoms with Crippen LogP contribution in [0.3, 0.4) is 0 Å². The molecule has 3 aromatic rings. The van der Waals surface area contributed by atoms with Crippen molar-refractivity contribution in [2.24, 2.45) is 0 Å². The monoisotopic (exact) mass is 554 g/mol. The predicted molar refractivity (Wildman–Crippen MR) is 136 cm³/mol. The van der Waals surface area contributed by atoms with Gasteiger partial charge in [0.1, 0.15) is 11.9 Å². The maximum Gasteiger partial charge on any atom is 0.257 e. The zero-order chi connectivity index (χ0) is 25.8. The lowest BCUT2D eigenvalue weighted by molar-refractivity contribution is -0.122. The number of hydrogen-bond acceptors (Lipinski definition) is 5. The molecule has 1 fully saturated rings. The fraction of sp³-hybridized carbons (Fsp3) is 0.222. The highest BCUT2D eigenvalue weighted by Gasteiger charge is 2.44. The number of hydrogen-bond donors (Lipinski definition) is 0. The Kier molecular flexibility index (Phi) is 7.69. The quantitative estimate of drug-likeness (QED) is 0.380. The van der Waals surface area contributed by atoms with Crippen molar-refractivity contribution in [2.75, 3.05) is 25.7 Å². The first-order valence-corrected chi connectivity index (χ1v) is 12.0. The van der Waals surface area contributed by atoms with Gasteiger partial charge in [0.05, 0.1) is 26.3 Å². The van der Waals surface area contributed by atoms with E-state index in [0.717, 1.165) is 14.9 Å². The van der Waals surface area contributed by atoms with Gasteiger partial charge in [-0.15, -0.1) is 0 Å². The van der Waals surface area contributed by atoms with Crippen LogP contribution >= 0.6 is 15.9 Å². The predicted octanol–water partition coefficient (Wildman–Crippen LogP) is 4.62. The highest BCUT2D eigenvalue weighted by atomic mass is 79.9. The van der Waals surface area contributed by atoms with Crippen molar-refractivity contribution in [3.63, 3.8) is 0 Å². The SMILES string of the molecule is COc1ccc(CCN(C(=O)c2ccc(F)cc2)C2CC(=O)N(c3ccc(Br)cc3)C2=O)cc1OC. The summed E-state index contributed by atoms with van der Waals surface area (Å²) in [5.74, 6) is -0.696. The minimum Gasteiger partial charge on any atom is -0.493 e. The lowest BCUT2D eigenvalue weighted by atomic mass is 10.1. The number of benzene rings is 3. The molecule has 186 valence electrons. The van der Waals surface area contributed by atoms with Crippen molar-refractivity contribution < 1.29 is 28.2 Å². The molecular weight excluding hydrogens is 531 g/mol. The van der Waals surface area contributed by atoms with E-state index in [4.69, 9.17) is 9.47 Å². The Morgan fingerprint density at radius 1 is 1.00 bits per heavy atom. The van der Waals surface area contributed by atoms with Crippen LogP contribution < -0.4 is 14.4 Å². The van der Waals surface area contributed by atoms with Crippen molar-refractivity contribution in [1.29, 1.82) is 0 Å². The Balaban J connectivity index is 1.63. The normalized spacial score (nSPS) is 15.2. The first kappa shape index (κ1) is 25.4. The van der Waals surface area contributed by atoms with Gasteiger partial charge in [0.25, 0.3) is 11.8 Å². The van der Waals surface area contributed by atoms with Gasteiger partial charge in [0, 0.05) is 16.6 Å². The van der Waals surface area contributed by atoms with Gasteiger partial charge >= 0.3 is 0 Å². The number of imide groups is 1. The average Bonchev–Trinajstić information content (AvgIpc) is 3.18. The molecule has 36 heavy (non-hydrogen) atoms. The summed E-state index contributed by atoms with van der Waals surface area (Å²) in [7, 11) is 3.08. The number of carbonyl (C=O) groups is 3. The number of carbonyl (C=O) groups excluding carboxylic acids is 3. The van der Waals surface area contributed by atoms with Crippen molar-refractivity contribution in [1.82, 2.24) is 4.90 Å². The molecule has 1 atom stereocenters. The smallest absolute Gasteiger partial charge is 0.257 e. The van der Waals surface area contributed by atoms with Crippen LogP contribution in [0.25, 0.3) is 0 Å². The van der Waals surface area contributed by atoms with Gasteiger partial charge in [-0.2, -0.15) is 0 Å². The maximum atomic E-state index is 13.5. The molecule has 7 nitrogen and oxygen atoms in total. The van der Waals surface area contributed by atoms with Crippen molar-refractivity contribution in [2.45, 2.75) is 18.9 Å². The largest absolute Gasteiger partial charge is 0.493 e. The second-order valence-corrected chi connectivity index (χ2v) is 9.12. The van der Waals surface area contributed by atoms with E-state index in [2.05, 4.69) is 15.9 Å². The minimum atomic E-state index is -0.987. The van der Waals surface area contributed by atoms with Crippen LogP contribution in [0.1, 0.15) is 22.3 Å². The van der Waals surface area contributed by atoms with E-state index in [-0.39, 0.29) is 18.5 Å². The number of ether oxygens (including phenoxy) is 2. The first-order chi connectivity index (χ1) is 17.3. The zero-order valence-electron chi connectivity index (χ0n) is 19.7. The highest BCUT2D eigenvalue weighted by Crippen LogP contribution is 2.30. The van der Waals surface area contributed by atoms with Crippen LogP contribution in [-0.4, -0.2) is 49.4 Å². The third kappa shape index (κ3) is 5.26. The van der Waals surface area contributed by atoms with E-state index >= 15 is 0 Å². The van der Waals surface area contributed by atoms with Crippen LogP contribution in [0, 0.1) is 5.82 Å². The maximum absolute atomic E-state index is 13.5. The molecule has 1 aliphatic rings. The summed E-state index contributed by atoms with van der Waals surface area (Å²) in [6.45, 7) is 0.156. The van der Waals surface area contributed by atoms with E-state index in [0.29, 0.717) is 23.6 Å². The Hall–Kier alpha value is -3.72. The Morgan fingerprint density at radius 3 is 2.31 bits per heavy atom. The Labute approximate surface area is 216 Å². The zero-order valence-corrected chi connectivity index (χ0v) is 21.3. The second kappa shape index (κ2) is 10.9. The van der Waals surface area contributed by atoms with E-state index in [1.54, 1.807) is 43.5 Å². The third-order valence-corrected chi connectivity index (χ3v) is 6.55. The summed E-state index contributed by atoms with van der Waals surface area (Å²) in [4.78, 5) is 42.3. The molecule has 0 aromatic heterocycles. The molecule has 1 aliphatic heterocycles. The molecule has 3 amide bonds. The number of rotatable bonds is 8. The van der Waals surface area contributed by atoms with Crippen LogP contribution in [0.4, 0.5) is 10.1 Å². The topological polar surface area (TPSA) is 76.2 Å². The summed E-state index contributed by atoms with van der Waals surface area (Å²) < 4.78 is 24.9. The van der Waals surface area contributed by atoms with Gasteiger partial charge in [0.2, 0.25) is 5.91 Å². The molecule has 0 radical (unpaired) electrons. The molecular formula is C27H24BrFN2O5. The summed E-state index contributed by atoms with van der Waals surface area (Å²) in [6, 6.07) is 16.3. The average molecular weight is 555 g/mol. The van der Waals surface area contributed by atoms with Crippen LogP contribution in [0.5, 0.6) is 11.5 Å². The molecule has 0 saturated carbocycles. The molecule has 3 aromatic carbocycles. The van der Waals surface area contributed by atoms with Crippen LogP contribution in [0.2, 0.25) is 0 Å². The van der Waals surface area contributed by atoms with E-state index < -0.39 is 29.6 Å². The molecule has 0 bridgehead atoms. The van der Waals surface area contributed by atoms with Crippen molar-refractivity contribution in [3.8, 4) is 11.5 Å². The highest BCUT2D eigenvalue weighted by molar-refractivity contribution is 9.10. The van der Waals surface area contributed by atoms with Gasteiger partial charge in [-0.25, -0.2) is 9.29 Å². The number of methoxy groups -OCH3 is 2. The van der Waals surface area contributed by atoms with Gasteiger partial charge in [-0.05, 0) is 72.6 Å². The van der Waals surface area contributed by atoms with Crippen LogP contribution in [-0.2, 0) is 16.0 Å². The minimum absolute atomic E-state index is 0.145. The Bertz CT molecular complexity index is 1280. The molecule has 1 unspecified atom stereocenters. The molecule has 9 heteroatoms. The lowest BCUT2D eigenvalue weighted by Crippen LogP contribution is -2.46. The van der Waals surface area contributed by atoms with Gasteiger partial charge in [0.15, 0.2) is 11.5 Å². The fourth-order valence-corrected chi connectivity index (χ4v) is 4.43. The number of nitrogens with zero attached hydrogens (tertiary/aromatic N) is 2. The molecule has 1 heterocycles. The Morgan fingerprint density at radius 2 is 1.67 bits per heavy atom. The van der Waals surface area contributed by atoms with Gasteiger partial charge in [-0.3, -0.25) is 14.4 Å². The van der Waals surface area contributed by atoms with Crippen molar-refractivity contribution in [3.05, 3.63) is 88.1 Å². The van der Waals surface area contributed by atoms with Crippen LogP contribution in [0.15, 0.2) is 71.2 Å². The van der Waals surface area contributed by atoms with E-state index in [9.17, 15) is 18.8 Å². The summed E-state index contributed by atoms with van der Waals surface area (Å²) in [5, 5.41) is 0. The number of halogens is 2. The molecule has 4 rings (SSSR count). The van der Waals surface area contributed by atoms with Gasteiger partial charge in [-0.1, -0.05) is 22.0 Å². The van der Waals surface area contributed by atoms with Gasteiger partial charge < -0.3 is 14.4 Å². The lowest BCUT2D eigenvalue weighted by Gasteiger charge is -2.28. The van der Waals surface area contributed by atoms with E-state index in [1.807, 2.05) is 6.07 Å². The molecule has 0 spiro atoms.